The molecule has 0 aliphatic carbocycles. The highest BCUT2D eigenvalue weighted by atomic mass is 28.3. The SMILES string of the molecule is Cc1cc(-c2nn(COCC[Si](C)(C)C)c3cc4c(nc23)CN([C@H](C)c2ccccc2)C(=O)C4)ccn1.Cc1cc(C2=NCc3cc4c(nc32)CN([C@H](C)c2ccccc2)C(=O)C4)ccn1. The number of rotatable bonds is 11. The smallest absolute Gasteiger partial charge is 0.227 e. The molecule has 66 heavy (non-hydrogen) atoms. The summed E-state index contributed by atoms with van der Waals surface area (Å²) in [5, 5.41) is 4.94. The van der Waals surface area contributed by atoms with E-state index < -0.39 is 8.07 Å². The molecule has 7 aromatic rings. The average Bonchev–Trinajstić information content (AvgIpc) is 3.89. The van der Waals surface area contributed by atoms with Gasteiger partial charge in [0.2, 0.25) is 11.8 Å². The van der Waals surface area contributed by atoms with Gasteiger partial charge in [0.15, 0.2) is 0 Å². The summed E-state index contributed by atoms with van der Waals surface area (Å²) >= 11 is 0. The molecule has 336 valence electrons. The molecule has 8 heterocycles. The van der Waals surface area contributed by atoms with Gasteiger partial charge in [0.05, 0.1) is 72.9 Å². The second-order valence-corrected chi connectivity index (χ2v) is 24.5. The summed E-state index contributed by atoms with van der Waals surface area (Å²) in [6.45, 7) is 17.9. The van der Waals surface area contributed by atoms with Crippen LogP contribution in [0.2, 0.25) is 25.7 Å². The molecule has 12 nitrogen and oxygen atoms in total. The average molecular weight is 896 g/mol. The summed E-state index contributed by atoms with van der Waals surface area (Å²) in [5.41, 5.74) is 15.6. The number of hydrogen-bond donors (Lipinski definition) is 0. The van der Waals surface area contributed by atoms with Crippen molar-refractivity contribution in [3.05, 3.63) is 171 Å². The van der Waals surface area contributed by atoms with E-state index in [0.29, 0.717) is 45.8 Å². The number of aryl methyl sites for hydroxylation is 2. The number of carbonyl (C=O) groups is 2. The molecule has 13 heteroatoms. The second kappa shape index (κ2) is 18.7. The third kappa shape index (κ3) is 9.49. The molecule has 0 saturated carbocycles. The van der Waals surface area contributed by atoms with Crippen molar-refractivity contribution in [1.82, 2.24) is 39.5 Å². The molecule has 5 aromatic heterocycles. The van der Waals surface area contributed by atoms with Gasteiger partial charge in [-0.05, 0) is 92.4 Å². The Morgan fingerprint density at radius 3 is 1.82 bits per heavy atom. The maximum Gasteiger partial charge on any atom is 0.227 e. The van der Waals surface area contributed by atoms with Gasteiger partial charge in [-0.2, -0.15) is 5.10 Å². The first-order valence-corrected chi connectivity index (χ1v) is 26.6. The summed E-state index contributed by atoms with van der Waals surface area (Å²) in [4.78, 5) is 53.4. The third-order valence-corrected chi connectivity index (χ3v) is 14.5. The summed E-state index contributed by atoms with van der Waals surface area (Å²) in [7, 11) is -1.19. The van der Waals surface area contributed by atoms with Gasteiger partial charge in [0, 0.05) is 55.2 Å². The molecule has 0 saturated heterocycles. The van der Waals surface area contributed by atoms with E-state index in [1.165, 1.54) is 0 Å². The van der Waals surface area contributed by atoms with Crippen LogP contribution in [0.3, 0.4) is 0 Å². The molecule has 0 fully saturated rings. The molecule has 10 rings (SSSR count). The third-order valence-electron chi connectivity index (χ3n) is 12.8. The lowest BCUT2D eigenvalue weighted by atomic mass is 9.96. The van der Waals surface area contributed by atoms with Crippen LogP contribution < -0.4 is 0 Å². The molecule has 0 radical (unpaired) electrons. The highest BCUT2D eigenvalue weighted by Crippen LogP contribution is 2.34. The molecule has 3 aliphatic heterocycles. The molecular weight excluding hydrogens is 839 g/mol. The minimum absolute atomic E-state index is 0.0166. The fourth-order valence-electron chi connectivity index (χ4n) is 8.95. The molecular formula is C53H57N9O3Si. The largest absolute Gasteiger partial charge is 0.360 e. The molecule has 0 unspecified atom stereocenters. The zero-order chi connectivity index (χ0) is 46.1. The number of fused-ring (bicyclic) bond motifs is 4. The normalized spacial score (nSPS) is 15.4. The van der Waals surface area contributed by atoms with Gasteiger partial charge in [0.25, 0.3) is 0 Å². The first-order valence-electron chi connectivity index (χ1n) is 22.9. The Morgan fingerprint density at radius 1 is 0.667 bits per heavy atom. The zero-order valence-electron chi connectivity index (χ0n) is 39.0. The molecule has 0 bridgehead atoms. The van der Waals surface area contributed by atoms with Gasteiger partial charge >= 0.3 is 0 Å². The van der Waals surface area contributed by atoms with Crippen LogP contribution in [0.1, 0.15) is 87.8 Å². The summed E-state index contributed by atoms with van der Waals surface area (Å²) in [6.07, 6.45) is 4.35. The number of aliphatic imine (C=N–C) groups is 1. The van der Waals surface area contributed by atoms with Gasteiger partial charge in [0.1, 0.15) is 17.9 Å². The number of aromatic nitrogens is 6. The van der Waals surface area contributed by atoms with Crippen molar-refractivity contribution < 1.29 is 14.3 Å². The molecule has 2 aromatic carbocycles. The van der Waals surface area contributed by atoms with Crippen LogP contribution in [0.25, 0.3) is 22.3 Å². The van der Waals surface area contributed by atoms with E-state index in [9.17, 15) is 9.59 Å². The van der Waals surface area contributed by atoms with Crippen molar-refractivity contribution in [3.63, 3.8) is 0 Å². The number of benzene rings is 2. The van der Waals surface area contributed by atoms with Crippen molar-refractivity contribution in [2.24, 2.45) is 4.99 Å². The molecule has 2 atom stereocenters. The maximum absolute atomic E-state index is 13.2. The van der Waals surface area contributed by atoms with Crippen LogP contribution in [-0.4, -0.2) is 71.7 Å². The van der Waals surface area contributed by atoms with E-state index in [4.69, 9.17) is 24.8 Å². The van der Waals surface area contributed by atoms with Crippen molar-refractivity contribution >= 4 is 36.6 Å². The topological polar surface area (TPSA) is 132 Å². The molecule has 2 amide bonds. The minimum Gasteiger partial charge on any atom is -0.360 e. The van der Waals surface area contributed by atoms with Crippen molar-refractivity contribution in [2.45, 2.75) is 105 Å². The standard InChI is InChI=1S/C29H35N5O2Si.C24H22N4O/c1-20-15-23(11-12-30-20)28-29-26(34(32-28)19-36-13-14-37(3,4)5)16-24-17-27(35)33(18-25(24)31-29)21(2)22-9-7-6-8-10-22;1-15-10-18(8-9-25-15)23-24-20(13-26-23)11-19-12-22(29)28(14-21(19)27-24)16(2)17-6-4-3-5-7-17/h6-12,15-16,21H,13-14,17-19H2,1-5H3;3-11,16H,12-14H2,1-2H3/t21-;16-/m11/s1. The first kappa shape index (κ1) is 44.5. The molecule has 0 N–H and O–H groups in total. The predicted molar refractivity (Wildman–Crippen MR) is 260 cm³/mol. The van der Waals surface area contributed by atoms with E-state index in [-0.39, 0.29) is 23.9 Å². The lowest BCUT2D eigenvalue weighted by Crippen LogP contribution is -2.38. The Morgan fingerprint density at radius 2 is 1.23 bits per heavy atom. The van der Waals surface area contributed by atoms with Crippen molar-refractivity contribution in [3.8, 4) is 11.3 Å². The Labute approximate surface area is 387 Å². The van der Waals surface area contributed by atoms with Crippen molar-refractivity contribution in [1.29, 1.82) is 0 Å². The fraction of sp³-hybridized carbons (Fsp3) is 0.321. The van der Waals surface area contributed by atoms with E-state index >= 15 is 0 Å². The number of pyridine rings is 4. The number of nitrogens with zero attached hydrogens (tertiary/aromatic N) is 9. The van der Waals surface area contributed by atoms with Crippen LogP contribution in [-0.2, 0) is 53.5 Å². The highest BCUT2D eigenvalue weighted by molar-refractivity contribution is 6.76. The monoisotopic (exact) mass is 895 g/mol. The molecule has 0 spiro atoms. The lowest BCUT2D eigenvalue weighted by Gasteiger charge is -2.33. The Kier molecular flexibility index (Phi) is 12.6. The van der Waals surface area contributed by atoms with E-state index in [2.05, 4.69) is 79.9 Å². The number of amides is 2. The van der Waals surface area contributed by atoms with Gasteiger partial charge < -0.3 is 14.5 Å². The predicted octanol–water partition coefficient (Wildman–Crippen LogP) is 9.54. The first-order chi connectivity index (χ1) is 31.8. The Bertz CT molecular complexity index is 2960. The minimum atomic E-state index is -1.19. The van der Waals surface area contributed by atoms with Crippen LogP contribution >= 0.6 is 0 Å². The van der Waals surface area contributed by atoms with E-state index in [1.54, 1.807) is 6.20 Å². The second-order valence-electron chi connectivity index (χ2n) is 18.9. The van der Waals surface area contributed by atoms with E-state index in [1.807, 2.05) is 95.2 Å². The van der Waals surface area contributed by atoms with Gasteiger partial charge in [-0.3, -0.25) is 24.5 Å². The highest BCUT2D eigenvalue weighted by Gasteiger charge is 2.32. The van der Waals surface area contributed by atoms with Gasteiger partial charge in [-0.1, -0.05) is 80.3 Å². The van der Waals surface area contributed by atoms with E-state index in [0.717, 1.165) is 95.9 Å². The number of carbonyl (C=O) groups excluding carboxylic acids is 2. The Hall–Kier alpha value is -6.70. The number of ether oxygens (including phenoxy) is 1. The van der Waals surface area contributed by atoms with Crippen LogP contribution in [0.5, 0.6) is 0 Å². The Balaban J connectivity index is 0.000000171. The van der Waals surface area contributed by atoms with Crippen LogP contribution in [0.15, 0.2) is 114 Å². The quantitative estimate of drug-likeness (QED) is 0.0927. The van der Waals surface area contributed by atoms with Crippen molar-refractivity contribution in [2.75, 3.05) is 6.61 Å². The van der Waals surface area contributed by atoms with Crippen LogP contribution in [0.4, 0.5) is 0 Å². The lowest BCUT2D eigenvalue weighted by molar-refractivity contribution is -0.135. The summed E-state index contributed by atoms with van der Waals surface area (Å²) in [5.74, 6) is 0.270. The summed E-state index contributed by atoms with van der Waals surface area (Å²) < 4.78 is 7.95. The molecule has 3 aliphatic rings. The number of hydrogen-bond acceptors (Lipinski definition) is 9. The fourth-order valence-corrected chi connectivity index (χ4v) is 9.71. The van der Waals surface area contributed by atoms with Gasteiger partial charge in [-0.25, -0.2) is 14.6 Å². The summed E-state index contributed by atoms with van der Waals surface area (Å²) in [6, 6.07) is 33.7. The van der Waals surface area contributed by atoms with Crippen LogP contribution in [0, 0.1) is 13.8 Å². The zero-order valence-corrected chi connectivity index (χ0v) is 40.0. The van der Waals surface area contributed by atoms with Gasteiger partial charge in [-0.15, -0.1) is 0 Å². The maximum atomic E-state index is 13.2.